The summed E-state index contributed by atoms with van der Waals surface area (Å²) in [5, 5.41) is 0. The van der Waals surface area contributed by atoms with Gasteiger partial charge in [0.1, 0.15) is 0 Å². The van der Waals surface area contributed by atoms with Crippen LogP contribution >= 0.6 is 0 Å². The number of hydrogen-bond acceptors (Lipinski definition) is 7. The molecular formula is C10H24O7Si2. The Morgan fingerprint density at radius 3 is 1.58 bits per heavy atom. The van der Waals surface area contributed by atoms with Crippen LogP contribution in [0.2, 0.25) is 0 Å². The average Bonchev–Trinajstić information content (AvgIpc) is 2.48. The minimum atomic E-state index is -2.95. The zero-order valence-corrected chi connectivity index (χ0v) is 14.4. The van der Waals surface area contributed by atoms with Crippen molar-refractivity contribution in [2.45, 2.75) is 6.42 Å². The monoisotopic (exact) mass is 312 g/mol. The fraction of sp³-hybridized carbons (Fsp3) is 0.800. The minimum Gasteiger partial charge on any atom is -0.374 e. The van der Waals surface area contributed by atoms with Gasteiger partial charge < -0.3 is 31.0 Å². The molecule has 0 aliphatic carbocycles. The van der Waals surface area contributed by atoms with Crippen LogP contribution in [0.5, 0.6) is 0 Å². The van der Waals surface area contributed by atoms with Crippen molar-refractivity contribution in [2.75, 3.05) is 49.3 Å². The summed E-state index contributed by atoms with van der Waals surface area (Å²) in [5.41, 5.74) is 1.80. The second-order valence-electron chi connectivity index (χ2n) is 3.37. The van der Waals surface area contributed by atoms with Crippen molar-refractivity contribution in [3.8, 4) is 0 Å². The third-order valence-corrected chi connectivity index (χ3v) is 6.90. The van der Waals surface area contributed by atoms with E-state index in [9.17, 15) is 0 Å². The van der Waals surface area contributed by atoms with Gasteiger partial charge in [-0.2, -0.15) is 0 Å². The second-order valence-corrected chi connectivity index (χ2v) is 8.65. The van der Waals surface area contributed by atoms with Crippen molar-refractivity contribution in [3.63, 3.8) is 0 Å². The fourth-order valence-corrected chi connectivity index (χ4v) is 3.95. The predicted octanol–water partition coefficient (Wildman–Crippen LogP) is 0.741. The molecule has 0 N–H and O–H groups in total. The maximum Gasteiger partial charge on any atom is 0.678 e. The van der Waals surface area contributed by atoms with Gasteiger partial charge in [0.2, 0.25) is 0 Å². The fourth-order valence-electron chi connectivity index (χ4n) is 1.36. The van der Waals surface area contributed by atoms with Gasteiger partial charge in [-0.15, -0.1) is 0 Å². The molecule has 0 atom stereocenters. The predicted molar refractivity (Wildman–Crippen MR) is 73.3 cm³/mol. The molecule has 9 heteroatoms. The van der Waals surface area contributed by atoms with Crippen LogP contribution in [0.1, 0.15) is 6.42 Å². The highest BCUT2D eigenvalue weighted by Gasteiger charge is 2.42. The summed E-state index contributed by atoms with van der Waals surface area (Å²) in [6.07, 6.45) is 2.51. The summed E-state index contributed by atoms with van der Waals surface area (Å²) < 4.78 is 36.6. The second kappa shape index (κ2) is 9.74. The largest absolute Gasteiger partial charge is 0.678 e. The molecule has 0 saturated heterocycles. The topological polar surface area (TPSA) is 64.6 Å². The molecule has 0 saturated carbocycles. The first-order valence-corrected chi connectivity index (χ1v) is 9.13. The van der Waals surface area contributed by atoms with Gasteiger partial charge in [-0.05, 0) is 12.1 Å². The lowest BCUT2D eigenvalue weighted by Crippen LogP contribution is -2.46. The molecule has 0 heterocycles. The van der Waals surface area contributed by atoms with Gasteiger partial charge in [-0.1, -0.05) is 6.08 Å². The summed E-state index contributed by atoms with van der Waals surface area (Å²) in [7, 11) is 3.53. The van der Waals surface area contributed by atoms with Crippen LogP contribution in [0, 0.1) is 0 Å². The van der Waals surface area contributed by atoms with Crippen LogP contribution in [-0.2, 0) is 31.0 Å². The van der Waals surface area contributed by atoms with Crippen LogP contribution in [0.25, 0.3) is 0 Å². The van der Waals surface area contributed by atoms with Crippen molar-refractivity contribution in [3.05, 3.63) is 11.8 Å². The molecule has 0 aromatic heterocycles. The first-order chi connectivity index (χ1) is 9.07. The van der Waals surface area contributed by atoms with Crippen LogP contribution < -0.4 is 0 Å². The SMILES string of the molecule is CO[Si](/C=C/CCO[Si](OC)(OC)OC)(OC)OC. The molecule has 19 heavy (non-hydrogen) atoms. The first kappa shape index (κ1) is 18.9. The van der Waals surface area contributed by atoms with Crippen LogP contribution in [0.3, 0.4) is 0 Å². The Bertz CT molecular complexity index is 238. The quantitative estimate of drug-likeness (QED) is 0.412. The summed E-state index contributed by atoms with van der Waals surface area (Å²) in [5.74, 6) is 0. The highest BCUT2D eigenvalue weighted by atomic mass is 28.4. The first-order valence-electron chi connectivity index (χ1n) is 5.70. The lowest BCUT2D eigenvalue weighted by molar-refractivity contribution is 0.00709. The van der Waals surface area contributed by atoms with E-state index in [1.165, 1.54) is 21.3 Å². The molecule has 0 spiro atoms. The van der Waals surface area contributed by atoms with Gasteiger partial charge >= 0.3 is 17.9 Å². The lowest BCUT2D eigenvalue weighted by Gasteiger charge is -2.22. The van der Waals surface area contributed by atoms with E-state index in [4.69, 9.17) is 31.0 Å². The Morgan fingerprint density at radius 1 is 0.737 bits per heavy atom. The summed E-state index contributed by atoms with van der Waals surface area (Å²) in [6, 6.07) is 0. The molecule has 0 amide bonds. The van der Waals surface area contributed by atoms with Gasteiger partial charge in [-0.3, -0.25) is 0 Å². The normalized spacial score (nSPS) is 13.4. The van der Waals surface area contributed by atoms with Crippen molar-refractivity contribution in [1.29, 1.82) is 0 Å². The van der Waals surface area contributed by atoms with E-state index in [1.54, 1.807) is 27.0 Å². The Morgan fingerprint density at radius 2 is 1.21 bits per heavy atom. The van der Waals surface area contributed by atoms with Gasteiger partial charge in [0.05, 0.1) is 0 Å². The molecule has 0 aromatic rings. The molecular weight excluding hydrogens is 288 g/mol. The molecule has 0 rings (SSSR count). The zero-order chi connectivity index (χ0) is 14.8. The molecule has 0 aliphatic rings. The molecule has 0 bridgehead atoms. The minimum absolute atomic E-state index is 0.403. The number of rotatable bonds is 11. The van der Waals surface area contributed by atoms with Crippen LogP contribution in [0.4, 0.5) is 0 Å². The van der Waals surface area contributed by atoms with E-state index >= 15 is 0 Å². The van der Waals surface area contributed by atoms with Crippen molar-refractivity contribution in [2.24, 2.45) is 0 Å². The molecule has 0 aromatic carbocycles. The van der Waals surface area contributed by atoms with E-state index in [2.05, 4.69) is 0 Å². The van der Waals surface area contributed by atoms with Gasteiger partial charge in [0.25, 0.3) is 0 Å². The summed E-state index contributed by atoms with van der Waals surface area (Å²) in [4.78, 5) is 0. The molecule has 114 valence electrons. The standard InChI is InChI=1S/C10H24O7Si2/c1-11-18(12-2,13-3)10-8-7-9-17-19(14-4,15-5)16-6/h8,10H,7,9H2,1-6H3/b10-8+. The van der Waals surface area contributed by atoms with Gasteiger partial charge in [0.15, 0.2) is 0 Å². The molecule has 0 fully saturated rings. The average molecular weight is 312 g/mol. The van der Waals surface area contributed by atoms with Crippen LogP contribution in [0.15, 0.2) is 11.8 Å². The summed E-state index contributed by atoms with van der Waals surface area (Å²) in [6.45, 7) is 0.403. The maximum absolute atomic E-state index is 5.51. The molecule has 0 unspecified atom stereocenters. The van der Waals surface area contributed by atoms with E-state index in [0.29, 0.717) is 13.0 Å². The molecule has 7 nitrogen and oxygen atoms in total. The summed E-state index contributed by atoms with van der Waals surface area (Å²) >= 11 is 0. The van der Waals surface area contributed by atoms with Crippen molar-refractivity contribution in [1.82, 2.24) is 0 Å². The van der Waals surface area contributed by atoms with E-state index in [0.717, 1.165) is 0 Å². The van der Waals surface area contributed by atoms with Crippen LogP contribution in [-0.4, -0.2) is 67.1 Å². The Balaban J connectivity index is 4.22. The van der Waals surface area contributed by atoms with Crippen molar-refractivity contribution >= 4 is 17.9 Å². The Kier molecular flexibility index (Phi) is 9.69. The maximum atomic E-state index is 5.51. The van der Waals surface area contributed by atoms with E-state index in [-0.39, 0.29) is 0 Å². The Labute approximate surface area is 117 Å². The molecule has 0 radical (unpaired) electrons. The molecule has 0 aliphatic heterocycles. The van der Waals surface area contributed by atoms with Gasteiger partial charge in [-0.25, -0.2) is 0 Å². The highest BCUT2D eigenvalue weighted by molar-refractivity contribution is 6.66. The zero-order valence-electron chi connectivity index (χ0n) is 12.4. The third-order valence-electron chi connectivity index (χ3n) is 2.49. The van der Waals surface area contributed by atoms with Crippen molar-refractivity contribution < 1.29 is 31.0 Å². The van der Waals surface area contributed by atoms with E-state index < -0.39 is 17.9 Å². The number of hydrogen-bond donors (Lipinski definition) is 0. The lowest BCUT2D eigenvalue weighted by atomic mass is 10.5. The Hall–Kier alpha value is -0.106. The highest BCUT2D eigenvalue weighted by Crippen LogP contribution is 2.10. The third kappa shape index (κ3) is 5.81. The van der Waals surface area contributed by atoms with E-state index in [1.807, 2.05) is 6.08 Å². The van der Waals surface area contributed by atoms with Gasteiger partial charge in [0, 0.05) is 49.3 Å². The smallest absolute Gasteiger partial charge is 0.374 e.